The van der Waals surface area contributed by atoms with Crippen LogP contribution in [0.2, 0.25) is 0 Å². The Labute approximate surface area is 174 Å². The number of nitrogens with zero attached hydrogens (tertiary/aromatic N) is 2. The Morgan fingerprint density at radius 1 is 1.21 bits per heavy atom. The fourth-order valence-corrected chi connectivity index (χ4v) is 5.02. The maximum Gasteiger partial charge on any atom is 0.310 e. The zero-order valence-corrected chi connectivity index (χ0v) is 17.7. The summed E-state index contributed by atoms with van der Waals surface area (Å²) in [6.45, 7) is 6.04. The second-order valence-corrected chi connectivity index (χ2v) is 8.84. The molecule has 1 atom stereocenters. The van der Waals surface area contributed by atoms with Crippen LogP contribution >= 0.6 is 11.3 Å². The highest BCUT2D eigenvalue weighted by molar-refractivity contribution is 7.19. The maximum atomic E-state index is 13.4. The molecule has 0 radical (unpaired) electrons. The first kappa shape index (κ1) is 19.7. The summed E-state index contributed by atoms with van der Waals surface area (Å²) in [5.74, 6) is -0.425. The monoisotopic (exact) mass is 410 g/mol. The molecule has 1 aromatic carbocycles. The van der Waals surface area contributed by atoms with Crippen LogP contribution in [0, 0.1) is 12.8 Å². The summed E-state index contributed by atoms with van der Waals surface area (Å²) in [5, 5.41) is 0. The van der Waals surface area contributed by atoms with Crippen LogP contribution < -0.4 is 0 Å². The Morgan fingerprint density at radius 3 is 2.76 bits per heavy atom. The van der Waals surface area contributed by atoms with E-state index >= 15 is 0 Å². The summed E-state index contributed by atoms with van der Waals surface area (Å²) in [5.41, 5.74) is 2.95. The van der Waals surface area contributed by atoms with Gasteiger partial charge in [-0.2, -0.15) is 0 Å². The highest BCUT2D eigenvalue weighted by Crippen LogP contribution is 2.31. The molecule has 0 aliphatic carbocycles. The second kappa shape index (κ2) is 8.41. The third-order valence-corrected chi connectivity index (χ3v) is 6.43. The second-order valence-electron chi connectivity index (χ2n) is 7.55. The van der Waals surface area contributed by atoms with Crippen molar-refractivity contribution in [2.45, 2.75) is 33.2 Å². The molecule has 3 aromatic rings. The number of thiophene rings is 1. The molecule has 1 aliphatic heterocycles. The van der Waals surface area contributed by atoms with Gasteiger partial charge in [-0.15, -0.1) is 11.3 Å². The number of carbonyl (C=O) groups excluding carboxylic acids is 2. The summed E-state index contributed by atoms with van der Waals surface area (Å²) >= 11 is 1.71. The van der Waals surface area contributed by atoms with Crippen molar-refractivity contribution in [2.75, 3.05) is 19.7 Å². The van der Waals surface area contributed by atoms with Crippen LogP contribution in [0.15, 0.2) is 42.5 Å². The number of ether oxygens (including phenoxy) is 1. The SMILES string of the molecule is CCOC(=O)C1CCCN(C(=O)c2cc3sc(C)cc3n2Cc2ccccc2)C1. The van der Waals surface area contributed by atoms with Crippen molar-refractivity contribution in [3.63, 3.8) is 0 Å². The number of amides is 1. The first-order valence-electron chi connectivity index (χ1n) is 10.2. The highest BCUT2D eigenvalue weighted by Gasteiger charge is 2.31. The van der Waals surface area contributed by atoms with E-state index in [1.54, 1.807) is 11.3 Å². The molecule has 29 heavy (non-hydrogen) atoms. The number of hydrogen-bond donors (Lipinski definition) is 0. The molecule has 3 heterocycles. The van der Waals surface area contributed by atoms with Gasteiger partial charge in [0.15, 0.2) is 0 Å². The number of esters is 1. The average molecular weight is 411 g/mol. The lowest BCUT2D eigenvalue weighted by Gasteiger charge is -2.31. The molecule has 5 nitrogen and oxygen atoms in total. The molecule has 6 heteroatoms. The van der Waals surface area contributed by atoms with Crippen molar-refractivity contribution in [2.24, 2.45) is 5.92 Å². The molecule has 1 fully saturated rings. The predicted molar refractivity (Wildman–Crippen MR) is 115 cm³/mol. The average Bonchev–Trinajstić information content (AvgIpc) is 3.25. The van der Waals surface area contributed by atoms with Gasteiger partial charge in [0.2, 0.25) is 0 Å². The van der Waals surface area contributed by atoms with Crippen molar-refractivity contribution < 1.29 is 14.3 Å². The van der Waals surface area contributed by atoms with Gasteiger partial charge in [0.25, 0.3) is 5.91 Å². The molecule has 4 rings (SSSR count). The normalized spacial score (nSPS) is 16.9. The number of aryl methyl sites for hydroxylation is 1. The molecule has 0 spiro atoms. The van der Waals surface area contributed by atoms with Crippen LogP contribution in [-0.2, 0) is 16.1 Å². The van der Waals surface area contributed by atoms with Gasteiger partial charge in [0.1, 0.15) is 5.69 Å². The fourth-order valence-electron chi connectivity index (χ4n) is 4.05. The van der Waals surface area contributed by atoms with E-state index in [-0.39, 0.29) is 17.8 Å². The van der Waals surface area contributed by atoms with E-state index in [0.29, 0.717) is 31.9 Å². The van der Waals surface area contributed by atoms with Crippen LogP contribution in [0.25, 0.3) is 10.2 Å². The Balaban J connectivity index is 1.64. The van der Waals surface area contributed by atoms with Crippen LogP contribution in [0.1, 0.15) is 40.7 Å². The number of benzene rings is 1. The van der Waals surface area contributed by atoms with Gasteiger partial charge < -0.3 is 14.2 Å². The molecule has 0 N–H and O–H groups in total. The van der Waals surface area contributed by atoms with Gasteiger partial charge >= 0.3 is 5.97 Å². The molecule has 2 aromatic heterocycles. The number of hydrogen-bond acceptors (Lipinski definition) is 4. The van der Waals surface area contributed by atoms with E-state index in [1.165, 1.54) is 4.88 Å². The van der Waals surface area contributed by atoms with Gasteiger partial charge in [-0.3, -0.25) is 9.59 Å². The van der Waals surface area contributed by atoms with Gasteiger partial charge in [0, 0.05) is 24.5 Å². The topological polar surface area (TPSA) is 51.5 Å². The molecule has 1 amide bonds. The minimum Gasteiger partial charge on any atom is -0.466 e. The van der Waals surface area contributed by atoms with Crippen molar-refractivity contribution in [1.82, 2.24) is 9.47 Å². The fraction of sp³-hybridized carbons (Fsp3) is 0.391. The lowest BCUT2D eigenvalue weighted by molar-refractivity contribution is -0.149. The first-order valence-corrected chi connectivity index (χ1v) is 11.0. The smallest absolute Gasteiger partial charge is 0.310 e. The van der Waals surface area contributed by atoms with Gasteiger partial charge in [-0.25, -0.2) is 0 Å². The third-order valence-electron chi connectivity index (χ3n) is 5.44. The number of piperidine rings is 1. The largest absolute Gasteiger partial charge is 0.466 e. The van der Waals surface area contributed by atoms with E-state index in [9.17, 15) is 9.59 Å². The zero-order valence-electron chi connectivity index (χ0n) is 16.9. The van der Waals surface area contributed by atoms with E-state index in [2.05, 4.69) is 29.7 Å². The molecule has 1 unspecified atom stereocenters. The minimum atomic E-state index is -0.228. The van der Waals surface area contributed by atoms with Crippen LogP contribution in [0.3, 0.4) is 0 Å². The summed E-state index contributed by atoms with van der Waals surface area (Å²) in [4.78, 5) is 28.7. The van der Waals surface area contributed by atoms with Gasteiger partial charge in [0.05, 0.1) is 22.7 Å². The number of rotatable bonds is 5. The highest BCUT2D eigenvalue weighted by atomic mass is 32.1. The number of likely N-dealkylation sites (tertiary alicyclic amines) is 1. The van der Waals surface area contributed by atoms with Crippen LogP contribution in [0.5, 0.6) is 0 Å². The number of aromatic nitrogens is 1. The summed E-state index contributed by atoms with van der Waals surface area (Å²) in [6, 6.07) is 14.4. The third kappa shape index (κ3) is 4.08. The van der Waals surface area contributed by atoms with E-state index in [4.69, 9.17) is 4.74 Å². The van der Waals surface area contributed by atoms with E-state index in [1.807, 2.05) is 36.1 Å². The van der Waals surface area contributed by atoms with Crippen molar-refractivity contribution >= 4 is 33.4 Å². The Bertz CT molecular complexity index is 1020. The lowest BCUT2D eigenvalue weighted by Crippen LogP contribution is -2.43. The Hall–Kier alpha value is -2.60. The van der Waals surface area contributed by atoms with Crippen molar-refractivity contribution in [3.8, 4) is 0 Å². The summed E-state index contributed by atoms with van der Waals surface area (Å²) in [6.07, 6.45) is 1.60. The van der Waals surface area contributed by atoms with E-state index in [0.717, 1.165) is 28.6 Å². The number of carbonyl (C=O) groups is 2. The molecule has 1 saturated heterocycles. The molecule has 1 aliphatic rings. The standard InChI is InChI=1S/C23H26N2O3S/c1-3-28-23(27)18-10-7-11-24(15-18)22(26)20-13-21-19(12-16(2)29-21)25(20)14-17-8-5-4-6-9-17/h4-6,8-9,12-13,18H,3,7,10-11,14-15H2,1-2H3. The first-order chi connectivity index (χ1) is 14.1. The molecule has 0 bridgehead atoms. The predicted octanol–water partition coefficient (Wildman–Crippen LogP) is 4.47. The summed E-state index contributed by atoms with van der Waals surface area (Å²) in [7, 11) is 0. The van der Waals surface area contributed by atoms with Crippen LogP contribution in [0.4, 0.5) is 0 Å². The number of fused-ring (bicyclic) bond motifs is 1. The quantitative estimate of drug-likeness (QED) is 0.583. The summed E-state index contributed by atoms with van der Waals surface area (Å²) < 4.78 is 8.43. The zero-order chi connectivity index (χ0) is 20.4. The molecular formula is C23H26N2O3S. The Kier molecular flexibility index (Phi) is 5.72. The maximum absolute atomic E-state index is 13.4. The molecule has 0 saturated carbocycles. The van der Waals surface area contributed by atoms with Crippen LogP contribution in [-0.4, -0.2) is 41.0 Å². The van der Waals surface area contributed by atoms with E-state index < -0.39 is 0 Å². The van der Waals surface area contributed by atoms with Crippen molar-refractivity contribution in [3.05, 3.63) is 58.6 Å². The molecular weight excluding hydrogens is 384 g/mol. The van der Waals surface area contributed by atoms with Crippen molar-refractivity contribution in [1.29, 1.82) is 0 Å². The molecule has 152 valence electrons. The van der Waals surface area contributed by atoms with Gasteiger partial charge in [-0.1, -0.05) is 30.3 Å². The minimum absolute atomic E-state index is 0.00372. The Morgan fingerprint density at radius 2 is 2.00 bits per heavy atom. The lowest BCUT2D eigenvalue weighted by atomic mass is 9.98. The van der Waals surface area contributed by atoms with Gasteiger partial charge in [-0.05, 0) is 44.4 Å².